The van der Waals surface area contributed by atoms with Gasteiger partial charge in [-0.05, 0) is 43.2 Å². The van der Waals surface area contributed by atoms with Crippen LogP contribution in [-0.2, 0) is 0 Å². The highest BCUT2D eigenvalue weighted by Gasteiger charge is 2.22. The summed E-state index contributed by atoms with van der Waals surface area (Å²) in [4.78, 5) is 34.3. The number of aromatic nitrogens is 5. The Hall–Kier alpha value is -3.72. The van der Waals surface area contributed by atoms with Crippen molar-refractivity contribution in [1.82, 2.24) is 29.6 Å². The zero-order valence-corrected chi connectivity index (χ0v) is 18.7. The van der Waals surface area contributed by atoms with E-state index < -0.39 is 0 Å². The monoisotopic (exact) mass is 458 g/mol. The molecular formula is C24H22N6O2S. The van der Waals surface area contributed by atoms with Crippen LogP contribution in [0.25, 0.3) is 17.1 Å². The van der Waals surface area contributed by atoms with E-state index in [1.54, 1.807) is 24.7 Å². The third-order valence-corrected chi connectivity index (χ3v) is 6.48. The number of para-hydroxylation sites is 1. The van der Waals surface area contributed by atoms with E-state index in [4.69, 9.17) is 0 Å². The van der Waals surface area contributed by atoms with Gasteiger partial charge in [-0.25, -0.2) is 0 Å². The minimum Gasteiger partial charge on any atom is -0.356 e. The van der Waals surface area contributed by atoms with Crippen LogP contribution in [0.5, 0.6) is 0 Å². The van der Waals surface area contributed by atoms with E-state index in [1.807, 2.05) is 51.9 Å². The number of rotatable bonds is 7. The Balaban J connectivity index is 1.35. The number of nitrogens with zero attached hydrogens (tertiary/aromatic N) is 5. The van der Waals surface area contributed by atoms with Crippen molar-refractivity contribution in [2.75, 3.05) is 18.8 Å². The van der Waals surface area contributed by atoms with Gasteiger partial charge in [0.2, 0.25) is 0 Å². The first-order valence-corrected chi connectivity index (χ1v) is 11.7. The summed E-state index contributed by atoms with van der Waals surface area (Å²) >= 11 is 1.32. The Kier molecular flexibility index (Phi) is 6.03. The smallest absolute Gasteiger partial charge is 0.270 e. The molecule has 3 aromatic heterocycles. The maximum absolute atomic E-state index is 12.9. The molecular weight excluding hydrogens is 436 g/mol. The Morgan fingerprint density at radius 3 is 2.52 bits per heavy atom. The van der Waals surface area contributed by atoms with Crippen LogP contribution in [0.1, 0.15) is 33.7 Å². The summed E-state index contributed by atoms with van der Waals surface area (Å²) in [6, 6.07) is 15.2. The van der Waals surface area contributed by atoms with Crippen molar-refractivity contribution < 1.29 is 9.59 Å². The summed E-state index contributed by atoms with van der Waals surface area (Å²) in [7, 11) is 0. The van der Waals surface area contributed by atoms with Crippen molar-refractivity contribution >= 4 is 23.5 Å². The van der Waals surface area contributed by atoms with Crippen LogP contribution >= 0.6 is 11.8 Å². The highest BCUT2D eigenvalue weighted by atomic mass is 32.2. The summed E-state index contributed by atoms with van der Waals surface area (Å²) in [5.41, 5.74) is 2.74. The Bertz CT molecular complexity index is 1260. The second kappa shape index (κ2) is 9.41. The molecule has 0 spiro atoms. The molecule has 1 aliphatic heterocycles. The van der Waals surface area contributed by atoms with Gasteiger partial charge in [-0.15, -0.1) is 10.2 Å². The van der Waals surface area contributed by atoms with Crippen molar-refractivity contribution in [2.24, 2.45) is 0 Å². The summed E-state index contributed by atoms with van der Waals surface area (Å²) in [5, 5.41) is 9.35. The molecule has 166 valence electrons. The average Bonchev–Trinajstić information content (AvgIpc) is 3.64. The van der Waals surface area contributed by atoms with Gasteiger partial charge in [0.15, 0.2) is 16.8 Å². The van der Waals surface area contributed by atoms with Gasteiger partial charge in [0, 0.05) is 48.5 Å². The molecule has 1 saturated heterocycles. The molecule has 9 heteroatoms. The molecule has 0 radical (unpaired) electrons. The maximum atomic E-state index is 12.9. The van der Waals surface area contributed by atoms with Crippen LogP contribution in [0.2, 0.25) is 0 Å². The Morgan fingerprint density at radius 2 is 1.76 bits per heavy atom. The van der Waals surface area contributed by atoms with E-state index >= 15 is 0 Å². The third-order valence-electron chi connectivity index (χ3n) is 5.55. The number of amides is 1. The first-order chi connectivity index (χ1) is 16.2. The van der Waals surface area contributed by atoms with Gasteiger partial charge in [-0.1, -0.05) is 30.0 Å². The number of carbonyl (C=O) groups excluding carboxylic acids is 2. The second-order valence-corrected chi connectivity index (χ2v) is 8.67. The van der Waals surface area contributed by atoms with E-state index in [0.29, 0.717) is 22.2 Å². The van der Waals surface area contributed by atoms with Crippen LogP contribution in [0, 0.1) is 0 Å². The van der Waals surface area contributed by atoms with Crippen LogP contribution in [-0.4, -0.2) is 60.2 Å². The molecule has 0 bridgehead atoms. The fourth-order valence-electron chi connectivity index (χ4n) is 3.84. The summed E-state index contributed by atoms with van der Waals surface area (Å²) < 4.78 is 1.94. The normalized spacial score (nSPS) is 13.4. The highest BCUT2D eigenvalue weighted by molar-refractivity contribution is 7.99. The number of hydrogen-bond donors (Lipinski definition) is 1. The van der Waals surface area contributed by atoms with Gasteiger partial charge >= 0.3 is 0 Å². The number of ketones is 1. The molecule has 1 aromatic carbocycles. The Morgan fingerprint density at radius 1 is 1.00 bits per heavy atom. The van der Waals surface area contributed by atoms with Gasteiger partial charge in [-0.3, -0.25) is 19.1 Å². The number of aromatic amines is 1. The largest absolute Gasteiger partial charge is 0.356 e. The van der Waals surface area contributed by atoms with Gasteiger partial charge < -0.3 is 9.88 Å². The molecule has 5 rings (SSSR count). The number of likely N-dealkylation sites (tertiary alicyclic amines) is 1. The van der Waals surface area contributed by atoms with Crippen molar-refractivity contribution in [2.45, 2.75) is 18.0 Å². The fraction of sp³-hybridized carbons (Fsp3) is 0.208. The minimum absolute atomic E-state index is 0.0509. The quantitative estimate of drug-likeness (QED) is 0.334. The molecule has 8 nitrogen and oxygen atoms in total. The number of Topliss-reactive ketones (excluding diaryl/α,β-unsaturated/α-hetero) is 1. The maximum Gasteiger partial charge on any atom is 0.270 e. The molecule has 4 heterocycles. The lowest BCUT2D eigenvalue weighted by molar-refractivity contribution is 0.0787. The summed E-state index contributed by atoms with van der Waals surface area (Å²) in [6.07, 6.45) is 7.08. The van der Waals surface area contributed by atoms with Gasteiger partial charge in [-0.2, -0.15) is 0 Å². The lowest BCUT2D eigenvalue weighted by Crippen LogP contribution is -2.27. The van der Waals surface area contributed by atoms with E-state index in [2.05, 4.69) is 20.2 Å². The topological polar surface area (TPSA) is 96.8 Å². The van der Waals surface area contributed by atoms with Crippen molar-refractivity contribution in [1.29, 1.82) is 0 Å². The SMILES string of the molecule is O=C(CSc1nnc(-c2ccncc2)n1-c1ccccc1)c1c[nH]c(C(=O)N2CCCC2)c1. The van der Waals surface area contributed by atoms with E-state index in [1.165, 1.54) is 11.8 Å². The number of nitrogens with one attached hydrogen (secondary N) is 1. The molecule has 0 atom stereocenters. The first-order valence-electron chi connectivity index (χ1n) is 10.8. The highest BCUT2D eigenvalue weighted by Crippen LogP contribution is 2.28. The van der Waals surface area contributed by atoms with Crippen molar-refractivity contribution in [3.63, 3.8) is 0 Å². The third kappa shape index (κ3) is 4.45. The fourth-order valence-corrected chi connectivity index (χ4v) is 4.69. The second-order valence-electron chi connectivity index (χ2n) is 7.73. The molecule has 0 aliphatic carbocycles. The predicted molar refractivity (Wildman–Crippen MR) is 126 cm³/mol. The van der Waals surface area contributed by atoms with Gasteiger partial charge in [0.05, 0.1) is 5.75 Å². The summed E-state index contributed by atoms with van der Waals surface area (Å²) in [6.45, 7) is 1.54. The van der Waals surface area contributed by atoms with Crippen LogP contribution in [0.3, 0.4) is 0 Å². The average molecular weight is 459 g/mol. The zero-order chi connectivity index (χ0) is 22.6. The first kappa shape index (κ1) is 21.1. The van der Waals surface area contributed by atoms with Gasteiger partial charge in [0.1, 0.15) is 5.69 Å². The standard InChI is InChI=1S/C24H22N6O2S/c31-21(18-14-20(26-15-18)23(32)29-12-4-5-13-29)16-33-24-28-27-22(17-8-10-25-11-9-17)30(24)19-6-2-1-3-7-19/h1-3,6-11,14-15,26H,4-5,12-13,16H2. The molecule has 0 saturated carbocycles. The Labute approximate surface area is 195 Å². The van der Waals surface area contributed by atoms with Crippen LogP contribution in [0.15, 0.2) is 72.3 Å². The molecule has 4 aromatic rings. The molecule has 1 amide bonds. The number of thioether (sulfide) groups is 1. The number of pyridine rings is 1. The minimum atomic E-state index is -0.0789. The molecule has 0 unspecified atom stereocenters. The van der Waals surface area contributed by atoms with Crippen molar-refractivity contribution in [3.05, 3.63) is 78.4 Å². The van der Waals surface area contributed by atoms with E-state index in [-0.39, 0.29) is 17.4 Å². The predicted octanol–water partition coefficient (Wildman–Crippen LogP) is 3.87. The number of carbonyl (C=O) groups is 2. The molecule has 1 fully saturated rings. The van der Waals surface area contributed by atoms with E-state index in [0.717, 1.165) is 37.2 Å². The van der Waals surface area contributed by atoms with Crippen LogP contribution < -0.4 is 0 Å². The lowest BCUT2D eigenvalue weighted by atomic mass is 10.2. The van der Waals surface area contributed by atoms with Gasteiger partial charge in [0.25, 0.3) is 5.91 Å². The molecule has 1 N–H and O–H groups in total. The van der Waals surface area contributed by atoms with E-state index in [9.17, 15) is 9.59 Å². The molecule has 1 aliphatic rings. The number of benzene rings is 1. The summed E-state index contributed by atoms with van der Waals surface area (Å²) in [5.74, 6) is 0.727. The number of H-pyrrole nitrogens is 1. The van der Waals surface area contributed by atoms with Crippen molar-refractivity contribution in [3.8, 4) is 17.1 Å². The molecule has 33 heavy (non-hydrogen) atoms. The van der Waals surface area contributed by atoms with Crippen LogP contribution in [0.4, 0.5) is 0 Å². The zero-order valence-electron chi connectivity index (χ0n) is 17.8. The lowest BCUT2D eigenvalue weighted by Gasteiger charge is -2.13. The number of hydrogen-bond acceptors (Lipinski definition) is 6.